The van der Waals surface area contributed by atoms with Crippen LogP contribution in [-0.2, 0) is 6.42 Å². The van der Waals surface area contributed by atoms with Crippen LogP contribution in [0.15, 0.2) is 48.7 Å². The van der Waals surface area contributed by atoms with Crippen molar-refractivity contribution >= 4 is 17.5 Å². The summed E-state index contributed by atoms with van der Waals surface area (Å²) >= 11 is 5.91. The lowest BCUT2D eigenvalue weighted by Crippen LogP contribution is -2.28. The Hall–Kier alpha value is -3.07. The molecule has 0 spiro atoms. The summed E-state index contributed by atoms with van der Waals surface area (Å²) in [4.78, 5) is 17.8. The van der Waals surface area contributed by atoms with Crippen molar-refractivity contribution in [1.82, 2.24) is 20.1 Å². The minimum atomic E-state index is -4.50. The molecule has 2 heterocycles. The average molecular weight is 453 g/mol. The first kappa shape index (κ1) is 22.6. The molecule has 0 unspecified atom stereocenters. The summed E-state index contributed by atoms with van der Waals surface area (Å²) in [6.45, 7) is -1.05. The smallest absolute Gasteiger partial charge is 0.422 e. The zero-order valence-electron chi connectivity index (χ0n) is 16.6. The molecule has 0 aliphatic carbocycles. The van der Waals surface area contributed by atoms with Crippen LogP contribution in [0.5, 0.6) is 5.88 Å². The van der Waals surface area contributed by atoms with Crippen LogP contribution in [0.3, 0.4) is 0 Å². The predicted octanol–water partition coefficient (Wildman–Crippen LogP) is 4.77. The zero-order valence-corrected chi connectivity index (χ0v) is 17.4. The standard InChI is InChI=1S/C21H20ClF3N4O2/c1-29(9-5-8-16-11-18(28-27-16)14-6-3-2-4-7-14)20(30)15-10-17(22)19(26-12-15)31-13-21(23,24)25/h2-4,6-7,10-12H,5,8-9,13H2,1H3,(H,27,28). The highest BCUT2D eigenvalue weighted by molar-refractivity contribution is 6.32. The van der Waals surface area contributed by atoms with Crippen molar-refractivity contribution in [1.29, 1.82) is 0 Å². The van der Waals surface area contributed by atoms with Crippen molar-refractivity contribution in [3.63, 3.8) is 0 Å². The Balaban J connectivity index is 1.51. The van der Waals surface area contributed by atoms with Gasteiger partial charge >= 0.3 is 6.18 Å². The third-order valence-corrected chi connectivity index (χ3v) is 4.68. The highest BCUT2D eigenvalue weighted by Crippen LogP contribution is 2.25. The van der Waals surface area contributed by atoms with Gasteiger partial charge in [-0.2, -0.15) is 18.3 Å². The van der Waals surface area contributed by atoms with E-state index in [1.165, 1.54) is 11.0 Å². The Morgan fingerprint density at radius 1 is 1.23 bits per heavy atom. The summed E-state index contributed by atoms with van der Waals surface area (Å²) in [5.74, 6) is -0.710. The number of aromatic amines is 1. The van der Waals surface area contributed by atoms with Crippen LogP contribution in [0.1, 0.15) is 22.5 Å². The fraction of sp³-hybridized carbons (Fsp3) is 0.286. The topological polar surface area (TPSA) is 71.1 Å². The number of nitrogens with zero attached hydrogens (tertiary/aromatic N) is 3. The van der Waals surface area contributed by atoms with Crippen molar-refractivity contribution in [2.45, 2.75) is 19.0 Å². The van der Waals surface area contributed by atoms with E-state index in [9.17, 15) is 18.0 Å². The maximum Gasteiger partial charge on any atom is 0.422 e. The number of ether oxygens (including phenoxy) is 1. The second-order valence-electron chi connectivity index (χ2n) is 6.89. The number of rotatable bonds is 8. The molecule has 0 radical (unpaired) electrons. The van der Waals surface area contributed by atoms with Crippen LogP contribution in [-0.4, -0.2) is 52.4 Å². The van der Waals surface area contributed by atoms with E-state index in [1.54, 1.807) is 7.05 Å². The van der Waals surface area contributed by atoms with Crippen LogP contribution < -0.4 is 4.74 Å². The molecule has 10 heteroatoms. The predicted molar refractivity (Wildman–Crippen MR) is 110 cm³/mol. The molecule has 1 amide bonds. The molecule has 3 aromatic rings. The van der Waals surface area contributed by atoms with E-state index >= 15 is 0 Å². The van der Waals surface area contributed by atoms with E-state index in [4.69, 9.17) is 11.6 Å². The molecule has 0 fully saturated rings. The summed E-state index contributed by atoms with van der Waals surface area (Å²) < 4.78 is 41.3. The number of hydrogen-bond donors (Lipinski definition) is 1. The largest absolute Gasteiger partial charge is 0.467 e. The van der Waals surface area contributed by atoms with Crippen LogP contribution in [0, 0.1) is 0 Å². The maximum absolute atomic E-state index is 12.5. The highest BCUT2D eigenvalue weighted by atomic mass is 35.5. The maximum atomic E-state index is 12.5. The molecule has 0 aliphatic heterocycles. The normalized spacial score (nSPS) is 11.4. The Morgan fingerprint density at radius 2 is 1.97 bits per heavy atom. The number of halogens is 4. The average Bonchev–Trinajstić information content (AvgIpc) is 3.21. The van der Waals surface area contributed by atoms with E-state index in [1.807, 2.05) is 36.4 Å². The van der Waals surface area contributed by atoms with Gasteiger partial charge in [0.2, 0.25) is 5.88 Å². The summed E-state index contributed by atoms with van der Waals surface area (Å²) in [5.41, 5.74) is 2.99. The zero-order chi connectivity index (χ0) is 22.4. The molecule has 0 aliphatic rings. The van der Waals surface area contributed by atoms with Gasteiger partial charge in [0.05, 0.1) is 11.3 Å². The van der Waals surface area contributed by atoms with Crippen molar-refractivity contribution in [2.75, 3.05) is 20.2 Å². The number of carbonyl (C=O) groups excluding carboxylic acids is 1. The first-order valence-corrected chi connectivity index (χ1v) is 9.81. The van der Waals surface area contributed by atoms with Gasteiger partial charge in [-0.05, 0) is 25.0 Å². The Kier molecular flexibility index (Phi) is 7.17. The van der Waals surface area contributed by atoms with Crippen molar-refractivity contribution in [2.24, 2.45) is 0 Å². The van der Waals surface area contributed by atoms with Crippen molar-refractivity contribution in [3.8, 4) is 17.1 Å². The molecular formula is C21H20ClF3N4O2. The van der Waals surface area contributed by atoms with E-state index in [2.05, 4.69) is 19.9 Å². The lowest BCUT2D eigenvalue weighted by Gasteiger charge is -2.17. The van der Waals surface area contributed by atoms with E-state index in [-0.39, 0.29) is 22.4 Å². The molecule has 31 heavy (non-hydrogen) atoms. The summed E-state index contributed by atoms with van der Waals surface area (Å²) in [5, 5.41) is 7.15. The van der Waals surface area contributed by atoms with Crippen LogP contribution in [0.4, 0.5) is 13.2 Å². The number of aryl methyl sites for hydroxylation is 1. The molecule has 0 atom stereocenters. The minimum absolute atomic E-state index is 0.158. The third kappa shape index (κ3) is 6.45. The summed E-state index contributed by atoms with van der Waals surface area (Å²) in [6, 6.07) is 13.0. The second-order valence-corrected chi connectivity index (χ2v) is 7.30. The third-order valence-electron chi connectivity index (χ3n) is 4.41. The van der Waals surface area contributed by atoms with Gasteiger partial charge in [-0.1, -0.05) is 41.9 Å². The van der Waals surface area contributed by atoms with E-state index in [0.717, 1.165) is 23.1 Å². The summed E-state index contributed by atoms with van der Waals surface area (Å²) in [6.07, 6.45) is -1.97. The molecular weight excluding hydrogens is 433 g/mol. The number of benzene rings is 1. The van der Waals surface area contributed by atoms with Crippen molar-refractivity contribution in [3.05, 3.63) is 64.9 Å². The number of alkyl halides is 3. The molecule has 1 aromatic carbocycles. The number of pyridine rings is 1. The van der Waals surface area contributed by atoms with Gasteiger partial charge in [-0.3, -0.25) is 9.89 Å². The Bertz CT molecular complexity index is 1020. The number of carbonyl (C=O) groups is 1. The Morgan fingerprint density at radius 3 is 2.65 bits per heavy atom. The van der Waals surface area contributed by atoms with Gasteiger partial charge in [0.25, 0.3) is 5.91 Å². The second kappa shape index (κ2) is 9.82. The van der Waals surface area contributed by atoms with Gasteiger partial charge in [0, 0.05) is 31.0 Å². The molecule has 6 nitrogen and oxygen atoms in total. The van der Waals surface area contributed by atoms with Gasteiger partial charge in [-0.25, -0.2) is 4.98 Å². The number of hydrogen-bond acceptors (Lipinski definition) is 4. The fourth-order valence-corrected chi connectivity index (χ4v) is 3.09. The quantitative estimate of drug-likeness (QED) is 0.534. The minimum Gasteiger partial charge on any atom is -0.467 e. The van der Waals surface area contributed by atoms with E-state index < -0.39 is 12.8 Å². The molecule has 0 saturated heterocycles. The molecule has 0 bridgehead atoms. The number of nitrogens with one attached hydrogen (secondary N) is 1. The van der Waals surface area contributed by atoms with Crippen LogP contribution in [0.25, 0.3) is 11.3 Å². The summed E-state index contributed by atoms with van der Waals surface area (Å²) in [7, 11) is 1.63. The fourth-order valence-electron chi connectivity index (χ4n) is 2.87. The Labute approximate surface area is 182 Å². The first-order chi connectivity index (χ1) is 14.7. The monoisotopic (exact) mass is 452 g/mol. The van der Waals surface area contributed by atoms with Gasteiger partial charge in [-0.15, -0.1) is 0 Å². The lowest BCUT2D eigenvalue weighted by molar-refractivity contribution is -0.154. The molecule has 1 N–H and O–H groups in total. The van der Waals surface area contributed by atoms with Gasteiger partial charge in [0.1, 0.15) is 5.02 Å². The molecule has 164 valence electrons. The highest BCUT2D eigenvalue weighted by Gasteiger charge is 2.29. The van der Waals surface area contributed by atoms with Gasteiger partial charge < -0.3 is 9.64 Å². The van der Waals surface area contributed by atoms with E-state index in [0.29, 0.717) is 19.4 Å². The van der Waals surface area contributed by atoms with Crippen molar-refractivity contribution < 1.29 is 22.7 Å². The van der Waals surface area contributed by atoms with Gasteiger partial charge in [0.15, 0.2) is 6.61 Å². The number of amides is 1. The molecule has 2 aromatic heterocycles. The number of aromatic nitrogens is 3. The lowest BCUT2D eigenvalue weighted by atomic mass is 10.1. The molecule has 3 rings (SSSR count). The van der Waals surface area contributed by atoms with Crippen LogP contribution in [0.2, 0.25) is 5.02 Å². The first-order valence-electron chi connectivity index (χ1n) is 9.43. The number of H-pyrrole nitrogens is 1. The SMILES string of the molecule is CN(CCCc1cc(-c2ccccc2)n[nH]1)C(=O)c1cnc(OCC(F)(F)F)c(Cl)c1. The van der Waals surface area contributed by atoms with Crippen LogP contribution >= 0.6 is 11.6 Å². The molecule has 0 saturated carbocycles.